The van der Waals surface area contributed by atoms with E-state index in [9.17, 15) is 0 Å². The number of hydrogen-bond donors (Lipinski definition) is 1. The molecule has 2 N–H and O–H groups in total. The number of rotatable bonds is 4. The van der Waals surface area contributed by atoms with Crippen LogP contribution in [0.3, 0.4) is 0 Å². The fourth-order valence-corrected chi connectivity index (χ4v) is 1.65. The van der Waals surface area contributed by atoms with Crippen molar-refractivity contribution in [1.82, 2.24) is 9.78 Å². The van der Waals surface area contributed by atoms with Gasteiger partial charge in [0.2, 0.25) is 0 Å². The molecule has 1 aromatic rings. The first-order valence-electron chi connectivity index (χ1n) is 5.31. The van der Waals surface area contributed by atoms with Gasteiger partial charge in [0.1, 0.15) is 0 Å². The van der Waals surface area contributed by atoms with Gasteiger partial charge in [-0.25, -0.2) is 0 Å². The molecule has 3 nitrogen and oxygen atoms in total. The van der Waals surface area contributed by atoms with Crippen molar-refractivity contribution in [3.05, 3.63) is 17.5 Å². The lowest BCUT2D eigenvalue weighted by atomic mass is 10.0. The lowest BCUT2D eigenvalue weighted by molar-refractivity contribution is 0.487. The maximum absolute atomic E-state index is 5.69. The molecular formula is C11H21N3. The van der Waals surface area contributed by atoms with E-state index in [4.69, 9.17) is 5.73 Å². The van der Waals surface area contributed by atoms with Gasteiger partial charge in [-0.2, -0.15) is 5.10 Å². The third-order valence-corrected chi connectivity index (χ3v) is 2.30. The summed E-state index contributed by atoms with van der Waals surface area (Å²) in [5, 5.41) is 4.38. The second kappa shape index (κ2) is 4.60. The monoisotopic (exact) mass is 195 g/mol. The van der Waals surface area contributed by atoms with Crippen molar-refractivity contribution in [1.29, 1.82) is 0 Å². The number of aromatic nitrogens is 2. The van der Waals surface area contributed by atoms with E-state index in [1.54, 1.807) is 0 Å². The Balaban J connectivity index is 3.00. The van der Waals surface area contributed by atoms with E-state index in [-0.39, 0.29) is 0 Å². The van der Waals surface area contributed by atoms with Gasteiger partial charge in [0.15, 0.2) is 0 Å². The number of nitrogens with zero attached hydrogens (tertiary/aromatic N) is 2. The zero-order valence-electron chi connectivity index (χ0n) is 9.62. The van der Waals surface area contributed by atoms with E-state index in [1.165, 1.54) is 11.3 Å². The highest BCUT2D eigenvalue weighted by atomic mass is 15.3. The van der Waals surface area contributed by atoms with Crippen molar-refractivity contribution >= 4 is 0 Å². The Bertz CT molecular complexity index is 287. The fraction of sp³-hybridized carbons (Fsp3) is 0.727. The summed E-state index contributed by atoms with van der Waals surface area (Å²) in [7, 11) is 0. The van der Waals surface area contributed by atoms with E-state index in [2.05, 4.69) is 37.5 Å². The lowest BCUT2D eigenvalue weighted by Crippen LogP contribution is -2.12. The molecule has 0 saturated heterocycles. The Morgan fingerprint density at radius 1 is 1.36 bits per heavy atom. The van der Waals surface area contributed by atoms with Gasteiger partial charge in [0, 0.05) is 23.8 Å². The van der Waals surface area contributed by atoms with Gasteiger partial charge in [-0.15, -0.1) is 0 Å². The molecule has 0 aromatic carbocycles. The van der Waals surface area contributed by atoms with Crippen LogP contribution in [-0.2, 0) is 13.0 Å². The molecule has 1 rings (SSSR count). The molecule has 3 heteroatoms. The summed E-state index contributed by atoms with van der Waals surface area (Å²) in [4.78, 5) is 0. The molecule has 0 bridgehead atoms. The highest BCUT2D eigenvalue weighted by Gasteiger charge is 2.12. The molecule has 1 heterocycles. The Hall–Kier alpha value is -0.830. The third kappa shape index (κ3) is 2.35. The fourth-order valence-electron chi connectivity index (χ4n) is 1.65. The molecule has 0 spiro atoms. The standard InChI is InChI=1S/C11H21N3/c1-8(2)5-11-10(6-12)7-13-14(11)9(3)4/h7-9H,5-6,12H2,1-4H3. The topological polar surface area (TPSA) is 43.8 Å². The molecule has 0 aliphatic rings. The van der Waals surface area contributed by atoms with Gasteiger partial charge in [0.05, 0.1) is 6.20 Å². The van der Waals surface area contributed by atoms with Crippen molar-refractivity contribution in [3.8, 4) is 0 Å². The van der Waals surface area contributed by atoms with Crippen LogP contribution in [0.2, 0.25) is 0 Å². The van der Waals surface area contributed by atoms with E-state index in [1.807, 2.05) is 6.20 Å². The van der Waals surface area contributed by atoms with Crippen LogP contribution in [-0.4, -0.2) is 9.78 Å². The predicted molar refractivity (Wildman–Crippen MR) is 59.0 cm³/mol. The smallest absolute Gasteiger partial charge is 0.0537 e. The Morgan fingerprint density at radius 3 is 2.43 bits per heavy atom. The number of nitrogens with two attached hydrogens (primary N) is 1. The summed E-state index contributed by atoms with van der Waals surface area (Å²) in [5.41, 5.74) is 8.18. The maximum Gasteiger partial charge on any atom is 0.0537 e. The molecule has 80 valence electrons. The maximum atomic E-state index is 5.69. The van der Waals surface area contributed by atoms with Gasteiger partial charge in [-0.1, -0.05) is 13.8 Å². The first-order chi connectivity index (χ1) is 6.56. The van der Waals surface area contributed by atoms with Crippen molar-refractivity contribution < 1.29 is 0 Å². The third-order valence-electron chi connectivity index (χ3n) is 2.30. The van der Waals surface area contributed by atoms with E-state index in [0.717, 1.165) is 6.42 Å². The summed E-state index contributed by atoms with van der Waals surface area (Å²) < 4.78 is 2.09. The van der Waals surface area contributed by atoms with Crippen molar-refractivity contribution in [3.63, 3.8) is 0 Å². The largest absolute Gasteiger partial charge is 0.326 e. The Kier molecular flexibility index (Phi) is 3.69. The molecule has 0 amide bonds. The van der Waals surface area contributed by atoms with Crippen LogP contribution in [0.25, 0.3) is 0 Å². The van der Waals surface area contributed by atoms with Crippen molar-refractivity contribution in [2.24, 2.45) is 11.7 Å². The Labute approximate surface area is 86.3 Å². The highest BCUT2D eigenvalue weighted by Crippen LogP contribution is 2.17. The van der Waals surface area contributed by atoms with E-state index >= 15 is 0 Å². The van der Waals surface area contributed by atoms with Crippen LogP contribution >= 0.6 is 0 Å². The van der Waals surface area contributed by atoms with Crippen LogP contribution in [0.1, 0.15) is 45.0 Å². The summed E-state index contributed by atoms with van der Waals surface area (Å²) >= 11 is 0. The minimum Gasteiger partial charge on any atom is -0.326 e. The van der Waals surface area contributed by atoms with Crippen LogP contribution in [0, 0.1) is 5.92 Å². The predicted octanol–water partition coefficient (Wildman–Crippen LogP) is 2.12. The first kappa shape index (κ1) is 11.2. The molecule has 1 aromatic heterocycles. The molecule has 0 fully saturated rings. The summed E-state index contributed by atoms with van der Waals surface area (Å²) in [6, 6.07) is 0.420. The molecule has 0 aliphatic carbocycles. The van der Waals surface area contributed by atoms with Crippen LogP contribution in [0.4, 0.5) is 0 Å². The van der Waals surface area contributed by atoms with Gasteiger partial charge in [0.25, 0.3) is 0 Å². The van der Waals surface area contributed by atoms with Gasteiger partial charge in [-0.05, 0) is 26.2 Å². The normalized spacial score (nSPS) is 11.6. The van der Waals surface area contributed by atoms with Crippen molar-refractivity contribution in [2.45, 2.75) is 46.7 Å². The van der Waals surface area contributed by atoms with E-state index in [0.29, 0.717) is 18.5 Å². The summed E-state index contributed by atoms with van der Waals surface area (Å²) in [5.74, 6) is 0.648. The molecule has 0 radical (unpaired) electrons. The van der Waals surface area contributed by atoms with Gasteiger partial charge >= 0.3 is 0 Å². The van der Waals surface area contributed by atoms with Crippen molar-refractivity contribution in [2.75, 3.05) is 0 Å². The second-order valence-corrected chi connectivity index (χ2v) is 4.46. The van der Waals surface area contributed by atoms with Crippen LogP contribution in [0.5, 0.6) is 0 Å². The first-order valence-corrected chi connectivity index (χ1v) is 5.31. The molecular weight excluding hydrogens is 174 g/mol. The van der Waals surface area contributed by atoms with E-state index < -0.39 is 0 Å². The molecule has 0 aliphatic heterocycles. The SMILES string of the molecule is CC(C)Cc1c(CN)cnn1C(C)C. The minimum absolute atomic E-state index is 0.420. The molecule has 0 unspecified atom stereocenters. The van der Waals surface area contributed by atoms with Gasteiger partial charge < -0.3 is 5.73 Å². The molecule has 14 heavy (non-hydrogen) atoms. The molecule has 0 atom stereocenters. The summed E-state index contributed by atoms with van der Waals surface area (Å²) in [6.07, 6.45) is 2.96. The average molecular weight is 195 g/mol. The zero-order chi connectivity index (χ0) is 10.7. The minimum atomic E-state index is 0.420. The van der Waals surface area contributed by atoms with Crippen LogP contribution < -0.4 is 5.73 Å². The molecule has 0 saturated carbocycles. The average Bonchev–Trinajstić information content (AvgIpc) is 2.46. The second-order valence-electron chi connectivity index (χ2n) is 4.46. The quantitative estimate of drug-likeness (QED) is 0.799. The van der Waals surface area contributed by atoms with Crippen LogP contribution in [0.15, 0.2) is 6.20 Å². The Morgan fingerprint density at radius 2 is 2.00 bits per heavy atom. The van der Waals surface area contributed by atoms with Gasteiger partial charge in [-0.3, -0.25) is 4.68 Å². The highest BCUT2D eigenvalue weighted by molar-refractivity contribution is 5.18. The lowest BCUT2D eigenvalue weighted by Gasteiger charge is -2.13. The number of hydrogen-bond acceptors (Lipinski definition) is 2. The zero-order valence-corrected chi connectivity index (χ0v) is 9.62. The summed E-state index contributed by atoms with van der Waals surface area (Å²) in [6.45, 7) is 9.33.